The molecule has 1 aromatic heterocycles. The molecular formula is C22H22ClN3O2S. The Hall–Kier alpha value is -2.28. The molecule has 7 heteroatoms. The highest BCUT2D eigenvalue weighted by Gasteiger charge is 2.20. The van der Waals surface area contributed by atoms with Gasteiger partial charge in [0.05, 0.1) is 5.69 Å². The first-order valence-electron chi connectivity index (χ1n) is 9.73. The van der Waals surface area contributed by atoms with Gasteiger partial charge in [0.2, 0.25) is 6.79 Å². The number of fused-ring (bicyclic) bond motifs is 1. The van der Waals surface area contributed by atoms with Gasteiger partial charge < -0.3 is 14.4 Å². The molecule has 0 bridgehead atoms. The number of rotatable bonds is 4. The van der Waals surface area contributed by atoms with Crippen LogP contribution in [0.3, 0.4) is 0 Å². The van der Waals surface area contributed by atoms with E-state index in [1.54, 1.807) is 11.3 Å². The summed E-state index contributed by atoms with van der Waals surface area (Å²) in [5, 5.41) is 3.98. The molecule has 0 unspecified atom stereocenters. The van der Waals surface area contributed by atoms with E-state index in [0.717, 1.165) is 65.5 Å². The van der Waals surface area contributed by atoms with E-state index in [-0.39, 0.29) is 0 Å². The van der Waals surface area contributed by atoms with Crippen molar-refractivity contribution in [3.63, 3.8) is 0 Å². The number of ether oxygens (including phenoxy) is 2. The summed E-state index contributed by atoms with van der Waals surface area (Å²) in [5.41, 5.74) is 4.72. The van der Waals surface area contributed by atoms with E-state index in [1.165, 1.54) is 11.3 Å². The van der Waals surface area contributed by atoms with E-state index in [1.807, 2.05) is 24.3 Å². The zero-order valence-corrected chi connectivity index (χ0v) is 17.8. The van der Waals surface area contributed by atoms with Crippen molar-refractivity contribution in [2.75, 3.05) is 37.9 Å². The number of anilines is 1. The molecule has 150 valence electrons. The van der Waals surface area contributed by atoms with E-state index in [2.05, 4.69) is 34.2 Å². The fourth-order valence-electron chi connectivity index (χ4n) is 3.84. The van der Waals surface area contributed by atoms with E-state index in [4.69, 9.17) is 26.1 Å². The summed E-state index contributed by atoms with van der Waals surface area (Å²) in [6.45, 7) is 7.35. The van der Waals surface area contributed by atoms with Crippen molar-refractivity contribution in [1.29, 1.82) is 0 Å². The third-order valence-corrected chi connectivity index (χ3v) is 6.62. The zero-order chi connectivity index (χ0) is 19.8. The van der Waals surface area contributed by atoms with Crippen LogP contribution in [0.2, 0.25) is 5.02 Å². The second-order valence-electron chi connectivity index (χ2n) is 7.41. The van der Waals surface area contributed by atoms with E-state index in [0.29, 0.717) is 6.79 Å². The molecule has 2 aliphatic rings. The molecule has 2 aliphatic heterocycles. The number of aryl methyl sites for hydroxylation is 1. The van der Waals surface area contributed by atoms with Gasteiger partial charge in [-0.3, -0.25) is 4.90 Å². The van der Waals surface area contributed by atoms with Crippen LogP contribution in [0, 0.1) is 6.92 Å². The predicted octanol–water partition coefficient (Wildman–Crippen LogP) is 4.82. The van der Waals surface area contributed by atoms with Crippen LogP contribution in [0.15, 0.2) is 41.8 Å². The van der Waals surface area contributed by atoms with Crippen LogP contribution < -0.4 is 14.4 Å². The maximum atomic E-state index is 6.20. The molecule has 1 fully saturated rings. The first kappa shape index (κ1) is 18.7. The summed E-state index contributed by atoms with van der Waals surface area (Å²) < 4.78 is 10.9. The highest BCUT2D eigenvalue weighted by atomic mass is 35.5. The minimum absolute atomic E-state index is 0.294. The number of benzene rings is 2. The van der Waals surface area contributed by atoms with Gasteiger partial charge >= 0.3 is 0 Å². The lowest BCUT2D eigenvalue weighted by Crippen LogP contribution is -2.46. The number of aromatic nitrogens is 1. The molecule has 29 heavy (non-hydrogen) atoms. The van der Waals surface area contributed by atoms with Crippen molar-refractivity contribution in [3.05, 3.63) is 58.1 Å². The van der Waals surface area contributed by atoms with Crippen LogP contribution in [0.4, 0.5) is 5.69 Å². The highest BCUT2D eigenvalue weighted by molar-refractivity contribution is 7.13. The van der Waals surface area contributed by atoms with Gasteiger partial charge in [0.25, 0.3) is 0 Å². The van der Waals surface area contributed by atoms with Crippen molar-refractivity contribution in [3.8, 4) is 22.1 Å². The molecule has 0 amide bonds. The fourth-order valence-corrected chi connectivity index (χ4v) is 4.82. The Labute approximate surface area is 179 Å². The number of piperazine rings is 1. The van der Waals surface area contributed by atoms with Crippen LogP contribution >= 0.6 is 22.9 Å². The van der Waals surface area contributed by atoms with Gasteiger partial charge in [-0.2, -0.15) is 0 Å². The monoisotopic (exact) mass is 427 g/mol. The average molecular weight is 428 g/mol. The first-order valence-corrected chi connectivity index (χ1v) is 11.0. The van der Waals surface area contributed by atoms with Gasteiger partial charge in [-0.05, 0) is 42.8 Å². The maximum absolute atomic E-state index is 6.20. The number of nitrogens with zero attached hydrogens (tertiary/aromatic N) is 3. The Balaban J connectivity index is 1.22. The average Bonchev–Trinajstić information content (AvgIpc) is 3.39. The summed E-state index contributed by atoms with van der Waals surface area (Å²) in [7, 11) is 0. The Morgan fingerprint density at radius 2 is 1.86 bits per heavy atom. The topological polar surface area (TPSA) is 37.8 Å². The van der Waals surface area contributed by atoms with Crippen LogP contribution in [0.1, 0.15) is 11.3 Å². The predicted molar refractivity (Wildman–Crippen MR) is 117 cm³/mol. The van der Waals surface area contributed by atoms with Crippen molar-refractivity contribution >= 4 is 28.6 Å². The molecule has 1 saturated heterocycles. The first-order chi connectivity index (χ1) is 14.2. The second kappa shape index (κ2) is 7.86. The van der Waals surface area contributed by atoms with Crippen LogP contribution in [0.25, 0.3) is 10.6 Å². The van der Waals surface area contributed by atoms with E-state index in [9.17, 15) is 0 Å². The largest absolute Gasteiger partial charge is 0.454 e. The van der Waals surface area contributed by atoms with Crippen molar-refractivity contribution in [1.82, 2.24) is 9.88 Å². The Morgan fingerprint density at radius 3 is 2.72 bits per heavy atom. The van der Waals surface area contributed by atoms with Gasteiger partial charge in [0.15, 0.2) is 11.5 Å². The Morgan fingerprint density at radius 1 is 1.03 bits per heavy atom. The molecule has 3 heterocycles. The standard InChI is InChI=1S/C22H22ClN3O2S/c1-15-2-4-17(23)11-19(15)26-8-6-25(7-9-26)12-18-13-29-22(24-18)16-3-5-20-21(10-16)28-14-27-20/h2-5,10-11,13H,6-9,12,14H2,1H3. The molecule has 0 saturated carbocycles. The van der Waals surface area contributed by atoms with Gasteiger partial charge in [-0.25, -0.2) is 4.98 Å². The lowest BCUT2D eigenvalue weighted by molar-refractivity contribution is 0.174. The molecule has 0 atom stereocenters. The third-order valence-electron chi connectivity index (χ3n) is 5.44. The zero-order valence-electron chi connectivity index (χ0n) is 16.2. The summed E-state index contributed by atoms with van der Waals surface area (Å²) in [6, 6.07) is 12.1. The van der Waals surface area contributed by atoms with E-state index < -0.39 is 0 Å². The van der Waals surface area contributed by atoms with Crippen molar-refractivity contribution in [2.45, 2.75) is 13.5 Å². The normalized spacial score (nSPS) is 16.4. The highest BCUT2D eigenvalue weighted by Crippen LogP contribution is 2.36. The number of hydrogen-bond acceptors (Lipinski definition) is 6. The van der Waals surface area contributed by atoms with Gasteiger partial charge in [-0.1, -0.05) is 17.7 Å². The molecule has 2 aromatic carbocycles. The van der Waals surface area contributed by atoms with Crippen molar-refractivity contribution < 1.29 is 9.47 Å². The second-order valence-corrected chi connectivity index (χ2v) is 8.70. The van der Waals surface area contributed by atoms with Crippen LogP contribution in [-0.2, 0) is 6.54 Å². The molecule has 0 spiro atoms. The number of hydrogen-bond donors (Lipinski definition) is 0. The molecule has 5 rings (SSSR count). The van der Waals surface area contributed by atoms with Crippen molar-refractivity contribution in [2.24, 2.45) is 0 Å². The number of thiazole rings is 1. The summed E-state index contributed by atoms with van der Waals surface area (Å²) >= 11 is 7.88. The smallest absolute Gasteiger partial charge is 0.231 e. The van der Waals surface area contributed by atoms with Crippen LogP contribution in [0.5, 0.6) is 11.5 Å². The Bertz CT molecular complexity index is 1030. The van der Waals surface area contributed by atoms with E-state index >= 15 is 0 Å². The molecule has 3 aromatic rings. The molecule has 5 nitrogen and oxygen atoms in total. The van der Waals surface area contributed by atoms with Crippen LogP contribution in [-0.4, -0.2) is 42.9 Å². The SMILES string of the molecule is Cc1ccc(Cl)cc1N1CCN(Cc2csc(-c3ccc4c(c3)OCO4)n2)CC1. The summed E-state index contributed by atoms with van der Waals surface area (Å²) in [5.74, 6) is 1.60. The van der Waals surface area contributed by atoms with Gasteiger partial charge in [0, 0.05) is 54.4 Å². The molecular weight excluding hydrogens is 406 g/mol. The molecule has 0 aliphatic carbocycles. The van der Waals surface area contributed by atoms with Gasteiger partial charge in [-0.15, -0.1) is 11.3 Å². The molecule has 0 radical (unpaired) electrons. The maximum Gasteiger partial charge on any atom is 0.231 e. The summed E-state index contributed by atoms with van der Waals surface area (Å²) in [4.78, 5) is 9.75. The summed E-state index contributed by atoms with van der Waals surface area (Å²) in [6.07, 6.45) is 0. The third kappa shape index (κ3) is 3.92. The van der Waals surface area contributed by atoms with Gasteiger partial charge in [0.1, 0.15) is 5.01 Å². The Kier molecular flexibility index (Phi) is 5.08. The lowest BCUT2D eigenvalue weighted by Gasteiger charge is -2.36. The fraction of sp³-hybridized carbons (Fsp3) is 0.318. The minimum Gasteiger partial charge on any atom is -0.454 e. The lowest BCUT2D eigenvalue weighted by atomic mass is 10.1. The number of halogens is 1. The quantitative estimate of drug-likeness (QED) is 0.596. The molecule has 0 N–H and O–H groups in total. The minimum atomic E-state index is 0.294.